The molecular formula is C9H8N2O. The summed E-state index contributed by atoms with van der Waals surface area (Å²) in [5, 5.41) is 15.7. The van der Waals surface area contributed by atoms with Gasteiger partial charge in [-0.2, -0.15) is 5.10 Å². The molecule has 2 aromatic rings. The molecule has 0 saturated heterocycles. The van der Waals surface area contributed by atoms with Gasteiger partial charge in [-0.3, -0.25) is 5.10 Å². The third-order valence-electron chi connectivity index (χ3n) is 1.68. The molecule has 0 aliphatic heterocycles. The van der Waals surface area contributed by atoms with Crippen LogP contribution < -0.4 is 0 Å². The number of rotatable bonds is 1. The van der Waals surface area contributed by atoms with E-state index in [9.17, 15) is 0 Å². The van der Waals surface area contributed by atoms with Crippen molar-refractivity contribution >= 4 is 0 Å². The Morgan fingerprint density at radius 2 is 1.83 bits per heavy atom. The van der Waals surface area contributed by atoms with Crippen LogP contribution in [0.15, 0.2) is 36.5 Å². The fraction of sp³-hybridized carbons (Fsp3) is 0. The van der Waals surface area contributed by atoms with Crippen LogP contribution in [0.2, 0.25) is 0 Å². The quantitative estimate of drug-likeness (QED) is 0.668. The number of benzene rings is 1. The molecule has 1 heterocycles. The van der Waals surface area contributed by atoms with Gasteiger partial charge >= 0.3 is 0 Å². The zero-order valence-electron chi connectivity index (χ0n) is 6.36. The largest absolute Gasteiger partial charge is 0.508 e. The van der Waals surface area contributed by atoms with Crippen molar-refractivity contribution in [2.75, 3.05) is 0 Å². The summed E-state index contributed by atoms with van der Waals surface area (Å²) in [7, 11) is 0. The molecule has 0 saturated carbocycles. The molecule has 0 atom stereocenters. The van der Waals surface area contributed by atoms with E-state index >= 15 is 0 Å². The van der Waals surface area contributed by atoms with E-state index in [0.717, 1.165) is 11.3 Å². The van der Waals surface area contributed by atoms with Crippen LogP contribution in [0, 0.1) is 0 Å². The van der Waals surface area contributed by atoms with Crippen molar-refractivity contribution in [3.63, 3.8) is 0 Å². The van der Waals surface area contributed by atoms with E-state index in [1.807, 2.05) is 18.2 Å². The van der Waals surface area contributed by atoms with Gasteiger partial charge < -0.3 is 5.11 Å². The summed E-state index contributed by atoms with van der Waals surface area (Å²) in [4.78, 5) is 0. The molecule has 0 amide bonds. The lowest BCUT2D eigenvalue weighted by Crippen LogP contribution is -1.76. The Hall–Kier alpha value is -1.77. The maximum Gasteiger partial charge on any atom is 0.115 e. The fourth-order valence-electron chi connectivity index (χ4n) is 1.06. The Kier molecular flexibility index (Phi) is 1.55. The number of H-pyrrole nitrogens is 1. The first kappa shape index (κ1) is 6.91. The van der Waals surface area contributed by atoms with Gasteiger partial charge in [-0.1, -0.05) is 0 Å². The Morgan fingerprint density at radius 3 is 2.42 bits per heavy atom. The first-order valence-electron chi connectivity index (χ1n) is 3.65. The molecule has 1 aromatic carbocycles. The number of hydrogen-bond acceptors (Lipinski definition) is 2. The molecule has 0 bridgehead atoms. The molecule has 2 rings (SSSR count). The number of aromatic amines is 1. The highest BCUT2D eigenvalue weighted by Gasteiger charge is 1.96. The van der Waals surface area contributed by atoms with E-state index in [1.54, 1.807) is 18.3 Å². The topological polar surface area (TPSA) is 48.9 Å². The molecule has 3 heteroatoms. The molecular weight excluding hydrogens is 152 g/mol. The number of aromatic hydroxyl groups is 1. The lowest BCUT2D eigenvalue weighted by molar-refractivity contribution is 0.475. The fourth-order valence-corrected chi connectivity index (χ4v) is 1.06. The van der Waals surface area contributed by atoms with Crippen LogP contribution in [0.5, 0.6) is 5.75 Å². The average Bonchev–Trinajstić information content (AvgIpc) is 2.58. The number of hydrogen-bond donors (Lipinski definition) is 2. The lowest BCUT2D eigenvalue weighted by atomic mass is 10.1. The van der Waals surface area contributed by atoms with Crippen LogP contribution >= 0.6 is 0 Å². The number of nitrogens with one attached hydrogen (secondary N) is 1. The van der Waals surface area contributed by atoms with Gasteiger partial charge in [-0.15, -0.1) is 0 Å². The normalized spacial score (nSPS) is 10.0. The Balaban J connectivity index is 2.43. The van der Waals surface area contributed by atoms with Crippen LogP contribution in [0.1, 0.15) is 0 Å². The average molecular weight is 160 g/mol. The summed E-state index contributed by atoms with van der Waals surface area (Å²) in [6, 6.07) is 8.85. The molecule has 0 spiro atoms. The van der Waals surface area contributed by atoms with Gasteiger partial charge in [0.15, 0.2) is 0 Å². The van der Waals surface area contributed by atoms with E-state index < -0.39 is 0 Å². The second kappa shape index (κ2) is 2.70. The number of aromatic nitrogens is 2. The predicted molar refractivity (Wildman–Crippen MR) is 45.7 cm³/mol. The summed E-state index contributed by atoms with van der Waals surface area (Å²) in [6.45, 7) is 0. The van der Waals surface area contributed by atoms with Gasteiger partial charge in [0.25, 0.3) is 0 Å². The van der Waals surface area contributed by atoms with Crippen LogP contribution in [-0.4, -0.2) is 15.3 Å². The first-order chi connectivity index (χ1) is 5.86. The minimum Gasteiger partial charge on any atom is -0.508 e. The van der Waals surface area contributed by atoms with Gasteiger partial charge in [0.1, 0.15) is 5.75 Å². The van der Waals surface area contributed by atoms with E-state index in [-0.39, 0.29) is 5.75 Å². The van der Waals surface area contributed by atoms with Crippen LogP contribution in [-0.2, 0) is 0 Å². The van der Waals surface area contributed by atoms with E-state index in [4.69, 9.17) is 5.11 Å². The van der Waals surface area contributed by atoms with Gasteiger partial charge in [-0.05, 0) is 35.9 Å². The van der Waals surface area contributed by atoms with E-state index in [0.29, 0.717) is 0 Å². The van der Waals surface area contributed by atoms with Crippen molar-refractivity contribution in [2.24, 2.45) is 0 Å². The Bertz CT molecular complexity index is 351. The molecule has 60 valence electrons. The minimum atomic E-state index is 0.276. The second-order valence-corrected chi connectivity index (χ2v) is 2.52. The first-order valence-corrected chi connectivity index (χ1v) is 3.65. The molecule has 2 N–H and O–H groups in total. The zero-order chi connectivity index (χ0) is 8.39. The molecule has 0 radical (unpaired) electrons. The van der Waals surface area contributed by atoms with Crippen molar-refractivity contribution in [1.82, 2.24) is 10.2 Å². The number of phenolic OH excluding ortho intramolecular Hbond substituents is 1. The molecule has 0 aliphatic carbocycles. The highest BCUT2D eigenvalue weighted by molar-refractivity contribution is 5.59. The second-order valence-electron chi connectivity index (χ2n) is 2.52. The Morgan fingerprint density at radius 1 is 1.08 bits per heavy atom. The highest BCUT2D eigenvalue weighted by atomic mass is 16.3. The minimum absolute atomic E-state index is 0.276. The number of nitrogens with zero attached hydrogens (tertiary/aromatic N) is 1. The Labute approximate surface area is 69.7 Å². The number of phenols is 1. The smallest absolute Gasteiger partial charge is 0.115 e. The summed E-state index contributed by atoms with van der Waals surface area (Å²) >= 11 is 0. The summed E-state index contributed by atoms with van der Waals surface area (Å²) < 4.78 is 0. The highest BCUT2D eigenvalue weighted by Crippen LogP contribution is 2.18. The predicted octanol–water partition coefficient (Wildman–Crippen LogP) is 1.78. The van der Waals surface area contributed by atoms with Gasteiger partial charge in [0.2, 0.25) is 0 Å². The standard InChI is InChI=1S/C9H8N2O/c12-8-3-1-7(2-4-8)9-5-6-10-11-9/h1-6,12H,(H,10,11). The SMILES string of the molecule is Oc1ccc(-c2ccn[nH]2)cc1. The van der Waals surface area contributed by atoms with Gasteiger partial charge in [-0.25, -0.2) is 0 Å². The lowest BCUT2D eigenvalue weighted by Gasteiger charge is -1.96. The van der Waals surface area contributed by atoms with Crippen molar-refractivity contribution in [2.45, 2.75) is 0 Å². The summed E-state index contributed by atoms with van der Waals surface area (Å²) in [5.74, 6) is 0.276. The maximum atomic E-state index is 9.03. The van der Waals surface area contributed by atoms with E-state index in [1.165, 1.54) is 0 Å². The molecule has 12 heavy (non-hydrogen) atoms. The third-order valence-corrected chi connectivity index (χ3v) is 1.68. The summed E-state index contributed by atoms with van der Waals surface area (Å²) in [5.41, 5.74) is 1.97. The van der Waals surface area contributed by atoms with Crippen molar-refractivity contribution in [3.05, 3.63) is 36.5 Å². The monoisotopic (exact) mass is 160 g/mol. The van der Waals surface area contributed by atoms with Gasteiger partial charge in [0, 0.05) is 6.20 Å². The van der Waals surface area contributed by atoms with Crippen LogP contribution in [0.25, 0.3) is 11.3 Å². The third kappa shape index (κ3) is 1.16. The van der Waals surface area contributed by atoms with Crippen LogP contribution in [0.4, 0.5) is 0 Å². The van der Waals surface area contributed by atoms with Crippen molar-refractivity contribution in [3.8, 4) is 17.0 Å². The molecule has 0 fully saturated rings. The van der Waals surface area contributed by atoms with E-state index in [2.05, 4.69) is 10.2 Å². The van der Waals surface area contributed by atoms with Crippen LogP contribution in [0.3, 0.4) is 0 Å². The molecule has 0 aliphatic rings. The molecule has 0 unspecified atom stereocenters. The van der Waals surface area contributed by atoms with Crippen molar-refractivity contribution in [1.29, 1.82) is 0 Å². The molecule has 1 aromatic heterocycles. The maximum absolute atomic E-state index is 9.03. The zero-order valence-corrected chi connectivity index (χ0v) is 6.36. The van der Waals surface area contributed by atoms with Gasteiger partial charge in [0.05, 0.1) is 5.69 Å². The summed E-state index contributed by atoms with van der Waals surface area (Å²) in [6.07, 6.45) is 1.70. The molecule has 3 nitrogen and oxygen atoms in total. The van der Waals surface area contributed by atoms with Crippen molar-refractivity contribution < 1.29 is 5.11 Å².